The van der Waals surface area contributed by atoms with Crippen molar-refractivity contribution < 1.29 is 49.5 Å². The number of fused-ring (bicyclic) bond motifs is 1. The zero-order chi connectivity index (χ0) is 20.2. The Labute approximate surface area is 210 Å². The second-order valence-corrected chi connectivity index (χ2v) is 14.9. The van der Waals surface area contributed by atoms with Crippen LogP contribution in [-0.2, 0) is 24.7 Å². The van der Waals surface area contributed by atoms with E-state index in [4.69, 9.17) is 0 Å². The van der Waals surface area contributed by atoms with E-state index < -0.39 is 8.07 Å². The number of hydrogen-bond donors (Lipinski definition) is 0. The average Bonchev–Trinajstić information content (AvgIpc) is 3.10. The van der Waals surface area contributed by atoms with Gasteiger partial charge in [-0.1, -0.05) is 0 Å². The van der Waals surface area contributed by atoms with E-state index in [0.29, 0.717) is 9.17 Å². The molecule has 4 rings (SSSR count). The van der Waals surface area contributed by atoms with E-state index in [-0.39, 0.29) is 24.8 Å². The smallest absolute Gasteiger partial charge is 1.00 e. The fourth-order valence-electron chi connectivity index (χ4n) is 5.62. The van der Waals surface area contributed by atoms with Crippen molar-refractivity contribution in [3.63, 3.8) is 0 Å². The summed E-state index contributed by atoms with van der Waals surface area (Å²) in [6.45, 7) is 14.7. The Bertz CT molecular complexity index is 1020. The van der Waals surface area contributed by atoms with E-state index in [9.17, 15) is 0 Å². The third kappa shape index (κ3) is 3.83. The van der Waals surface area contributed by atoms with Gasteiger partial charge in [-0.2, -0.15) is 0 Å². The minimum atomic E-state index is -1.77. The maximum atomic E-state index is 2.62. The molecule has 2 aliphatic carbocycles. The molecular formula is C26H29Cl2SiZr. The van der Waals surface area contributed by atoms with Gasteiger partial charge in [-0.15, -0.1) is 0 Å². The third-order valence-corrected chi connectivity index (χ3v) is 13.6. The van der Waals surface area contributed by atoms with Crippen molar-refractivity contribution in [2.75, 3.05) is 0 Å². The summed E-state index contributed by atoms with van der Waals surface area (Å²) in [5.41, 5.74) is 12.9. The molecule has 2 aliphatic rings. The Hall–Kier alpha value is -0.660. The first-order valence-corrected chi connectivity index (χ1v) is 14.7. The van der Waals surface area contributed by atoms with Gasteiger partial charge in [0.25, 0.3) is 0 Å². The van der Waals surface area contributed by atoms with Crippen molar-refractivity contribution >= 4 is 13.6 Å². The topological polar surface area (TPSA) is 0 Å². The number of rotatable bonds is 3. The number of halogens is 2. The first-order chi connectivity index (χ1) is 13.3. The maximum absolute atomic E-state index is 2.62. The van der Waals surface area contributed by atoms with Gasteiger partial charge in [0.05, 0.1) is 0 Å². The summed E-state index contributed by atoms with van der Waals surface area (Å²) in [6.07, 6.45) is 0. The second kappa shape index (κ2) is 9.45. The third-order valence-electron chi connectivity index (χ3n) is 7.19. The number of hydrogen-bond acceptors (Lipinski definition) is 0. The maximum Gasteiger partial charge on any atom is -1.00 e. The second-order valence-electron chi connectivity index (χ2n) is 8.95. The molecule has 0 spiro atoms. The largest absolute Gasteiger partial charge is 1.00 e. The molecule has 155 valence electrons. The van der Waals surface area contributed by atoms with Gasteiger partial charge in [-0.05, 0) is 0 Å². The molecule has 2 aromatic rings. The van der Waals surface area contributed by atoms with Crippen LogP contribution in [0.1, 0.15) is 48.0 Å². The molecule has 0 N–H and O–H groups in total. The molecule has 0 saturated heterocycles. The molecule has 0 aromatic heterocycles. The van der Waals surface area contributed by atoms with E-state index in [1.54, 1.807) is 46.6 Å². The van der Waals surface area contributed by atoms with Crippen LogP contribution in [0.2, 0.25) is 18.6 Å². The summed E-state index contributed by atoms with van der Waals surface area (Å²) in [4.78, 5) is 0. The van der Waals surface area contributed by atoms with Crippen LogP contribution in [-0.4, -0.2) is 8.07 Å². The summed E-state index contributed by atoms with van der Waals surface area (Å²) in [7, 11) is -1.77. The summed E-state index contributed by atoms with van der Waals surface area (Å²) in [5, 5.41) is 1.77. The Morgan fingerprint density at radius 1 is 0.733 bits per heavy atom. The van der Waals surface area contributed by atoms with Gasteiger partial charge < -0.3 is 24.8 Å². The first-order valence-electron chi connectivity index (χ1n) is 10.2. The SMILES string of the molecule is CC1=C(C)C([Si](C)(C)C2=C(c3ccccc3)c3ccccc3[CH]2[Zr+2])C(C)=C1C.[Cl-].[Cl-]. The molecule has 0 radical (unpaired) electrons. The van der Waals surface area contributed by atoms with Crippen molar-refractivity contribution in [1.29, 1.82) is 0 Å². The van der Waals surface area contributed by atoms with Crippen LogP contribution in [0.25, 0.3) is 5.57 Å². The molecule has 2 aromatic carbocycles. The molecule has 0 heterocycles. The van der Waals surface area contributed by atoms with E-state index >= 15 is 0 Å². The average molecular weight is 532 g/mol. The molecule has 0 fully saturated rings. The summed E-state index contributed by atoms with van der Waals surface area (Å²) in [5.74, 6) is 0. The molecule has 0 amide bonds. The van der Waals surface area contributed by atoms with E-state index in [1.165, 1.54) is 27.8 Å². The molecule has 1 atom stereocenters. The van der Waals surface area contributed by atoms with Crippen molar-refractivity contribution in [2.24, 2.45) is 0 Å². The molecule has 1 unspecified atom stereocenters. The van der Waals surface area contributed by atoms with Gasteiger partial charge in [-0.3, -0.25) is 0 Å². The van der Waals surface area contributed by atoms with Crippen molar-refractivity contribution in [2.45, 2.75) is 50.0 Å². The Morgan fingerprint density at radius 2 is 1.23 bits per heavy atom. The van der Waals surface area contributed by atoms with Crippen LogP contribution in [0.4, 0.5) is 0 Å². The predicted molar refractivity (Wildman–Crippen MR) is 120 cm³/mol. The quantitative estimate of drug-likeness (QED) is 0.526. The Kier molecular flexibility index (Phi) is 8.07. The molecule has 0 bridgehead atoms. The van der Waals surface area contributed by atoms with Gasteiger partial charge in [0.1, 0.15) is 0 Å². The zero-order valence-corrected chi connectivity index (χ0v) is 23.6. The number of allylic oxidation sites excluding steroid dienone is 5. The van der Waals surface area contributed by atoms with Crippen molar-refractivity contribution in [3.05, 3.63) is 98.8 Å². The van der Waals surface area contributed by atoms with Crippen LogP contribution in [0.3, 0.4) is 0 Å². The van der Waals surface area contributed by atoms with Gasteiger partial charge >= 0.3 is 187 Å². The Morgan fingerprint density at radius 3 is 1.80 bits per heavy atom. The van der Waals surface area contributed by atoms with Crippen LogP contribution in [0.15, 0.2) is 82.1 Å². The first kappa shape index (κ1) is 25.6. The van der Waals surface area contributed by atoms with Gasteiger partial charge in [0, 0.05) is 0 Å². The van der Waals surface area contributed by atoms with E-state index in [1.807, 2.05) is 0 Å². The van der Waals surface area contributed by atoms with Gasteiger partial charge in [0.15, 0.2) is 0 Å². The van der Waals surface area contributed by atoms with Gasteiger partial charge in [-0.25, -0.2) is 0 Å². The van der Waals surface area contributed by atoms with Gasteiger partial charge in [0.2, 0.25) is 0 Å². The molecule has 30 heavy (non-hydrogen) atoms. The molecular weight excluding hydrogens is 503 g/mol. The monoisotopic (exact) mass is 529 g/mol. The van der Waals surface area contributed by atoms with Crippen LogP contribution in [0, 0.1) is 0 Å². The molecule has 0 saturated carbocycles. The minimum Gasteiger partial charge on any atom is -1.00 e. The summed E-state index contributed by atoms with van der Waals surface area (Å²) in [6, 6.07) is 20.3. The molecule has 4 heteroatoms. The van der Waals surface area contributed by atoms with Crippen LogP contribution in [0.5, 0.6) is 0 Å². The zero-order valence-electron chi connectivity index (χ0n) is 18.6. The molecule has 0 nitrogen and oxygen atoms in total. The fourth-order valence-corrected chi connectivity index (χ4v) is 14.1. The van der Waals surface area contributed by atoms with Crippen molar-refractivity contribution in [3.8, 4) is 0 Å². The summed E-state index contributed by atoms with van der Waals surface area (Å²) < 4.78 is 0.585. The fraction of sp³-hybridized carbons (Fsp3) is 0.308. The van der Waals surface area contributed by atoms with Crippen LogP contribution < -0.4 is 24.8 Å². The van der Waals surface area contributed by atoms with E-state index in [2.05, 4.69) is 95.4 Å². The van der Waals surface area contributed by atoms with Crippen LogP contribution >= 0.6 is 0 Å². The Balaban J connectivity index is 0.00000160. The van der Waals surface area contributed by atoms with E-state index in [0.717, 1.165) is 0 Å². The number of benzene rings is 2. The minimum absolute atomic E-state index is 0. The normalized spacial score (nSPS) is 19.1. The summed E-state index contributed by atoms with van der Waals surface area (Å²) >= 11 is 1.62. The molecule has 0 aliphatic heterocycles. The van der Waals surface area contributed by atoms with Crippen molar-refractivity contribution in [1.82, 2.24) is 0 Å². The standard InChI is InChI=1S/C26H29Si.2ClH.Zr/c1-17-18(2)20(4)26(19(17)3)27(5,6)24-16-22-14-10-11-15-23(22)25(24)21-12-8-7-9-13-21;;;/h7-16,26H,1-6H3;2*1H;/q;;;+2/p-2. The predicted octanol–water partition coefficient (Wildman–Crippen LogP) is 1.40.